The Morgan fingerprint density at radius 3 is 2.89 bits per heavy atom. The lowest BCUT2D eigenvalue weighted by atomic mass is 9.86. The lowest BCUT2D eigenvalue weighted by Crippen LogP contribution is -2.41. The van der Waals surface area contributed by atoms with Crippen LogP contribution in [0.5, 0.6) is 5.75 Å². The molecule has 0 aliphatic carbocycles. The number of piperidine rings is 1. The molecule has 2 unspecified atom stereocenters. The van der Waals surface area contributed by atoms with Crippen LogP contribution in [0.4, 0.5) is 4.39 Å². The van der Waals surface area contributed by atoms with Gasteiger partial charge in [0, 0.05) is 18.5 Å². The van der Waals surface area contributed by atoms with E-state index >= 15 is 0 Å². The molecule has 2 atom stereocenters. The molecule has 0 aromatic heterocycles. The minimum atomic E-state index is -0.316. The van der Waals surface area contributed by atoms with E-state index in [1.807, 2.05) is 6.07 Å². The summed E-state index contributed by atoms with van der Waals surface area (Å²) < 4.78 is 18.7. The summed E-state index contributed by atoms with van der Waals surface area (Å²) in [5.74, 6) is 0.140. The Morgan fingerprint density at radius 2 is 2.33 bits per heavy atom. The van der Waals surface area contributed by atoms with Crippen molar-refractivity contribution in [3.05, 3.63) is 29.6 Å². The van der Waals surface area contributed by atoms with E-state index in [9.17, 15) is 4.39 Å². The summed E-state index contributed by atoms with van der Waals surface area (Å²) in [6.07, 6.45) is 3.53. The quantitative estimate of drug-likeness (QED) is 0.862. The Hall–Kier alpha value is -1.13. The van der Waals surface area contributed by atoms with Crippen LogP contribution in [-0.4, -0.2) is 26.2 Å². The number of ether oxygens (including phenoxy) is 1. The zero-order valence-corrected chi connectivity index (χ0v) is 10.8. The van der Waals surface area contributed by atoms with Gasteiger partial charge in [-0.05, 0) is 37.1 Å². The molecule has 0 spiro atoms. The Kier molecular flexibility index (Phi) is 4.55. The van der Waals surface area contributed by atoms with Crippen LogP contribution in [0, 0.1) is 5.82 Å². The van der Waals surface area contributed by atoms with Gasteiger partial charge in [0.1, 0.15) is 0 Å². The van der Waals surface area contributed by atoms with Crippen LogP contribution in [0.2, 0.25) is 0 Å². The van der Waals surface area contributed by atoms with Crippen molar-refractivity contribution in [3.8, 4) is 5.75 Å². The first-order valence-electron chi connectivity index (χ1n) is 6.53. The number of rotatable bonds is 4. The number of hydrogen-bond acceptors (Lipinski definition) is 3. The van der Waals surface area contributed by atoms with Gasteiger partial charge in [-0.25, -0.2) is 4.39 Å². The van der Waals surface area contributed by atoms with E-state index in [1.165, 1.54) is 20.0 Å². The Bertz CT molecular complexity index is 391. The smallest absolute Gasteiger partial charge is 0.165 e. The fourth-order valence-electron chi connectivity index (χ4n) is 2.67. The molecule has 1 aromatic rings. The number of methoxy groups -OCH3 is 1. The summed E-state index contributed by atoms with van der Waals surface area (Å²) in [7, 11) is 1.47. The standard InChI is InChI=1S/C14H21FN2O/c1-18-14-6-5-10(8-12(14)15)11(9-16)13-4-2-3-7-17-13/h5-6,8,11,13,17H,2-4,7,9,16H2,1H3. The van der Waals surface area contributed by atoms with Gasteiger partial charge in [0.2, 0.25) is 0 Å². The maximum absolute atomic E-state index is 13.7. The number of benzene rings is 1. The van der Waals surface area contributed by atoms with E-state index in [-0.39, 0.29) is 17.5 Å². The van der Waals surface area contributed by atoms with E-state index in [2.05, 4.69) is 5.32 Å². The largest absolute Gasteiger partial charge is 0.494 e. The molecule has 0 radical (unpaired) electrons. The first kappa shape index (κ1) is 13.3. The second-order valence-corrected chi connectivity index (χ2v) is 4.79. The highest BCUT2D eigenvalue weighted by Gasteiger charge is 2.24. The second kappa shape index (κ2) is 6.16. The highest BCUT2D eigenvalue weighted by molar-refractivity contribution is 5.32. The van der Waals surface area contributed by atoms with Crippen molar-refractivity contribution in [1.29, 1.82) is 0 Å². The van der Waals surface area contributed by atoms with Crippen LogP contribution < -0.4 is 15.8 Å². The van der Waals surface area contributed by atoms with Gasteiger partial charge >= 0.3 is 0 Å². The summed E-state index contributed by atoms with van der Waals surface area (Å²) in [6, 6.07) is 5.50. The fourth-order valence-corrected chi connectivity index (χ4v) is 2.67. The number of nitrogens with two attached hydrogens (primary N) is 1. The zero-order valence-electron chi connectivity index (χ0n) is 10.8. The summed E-state index contributed by atoms with van der Waals surface area (Å²) in [5.41, 5.74) is 6.82. The van der Waals surface area contributed by atoms with Gasteiger partial charge in [-0.15, -0.1) is 0 Å². The average molecular weight is 252 g/mol. The molecule has 4 heteroatoms. The summed E-state index contributed by atoms with van der Waals surface area (Å²) in [6.45, 7) is 1.56. The number of hydrogen-bond donors (Lipinski definition) is 2. The van der Waals surface area contributed by atoms with E-state index in [0.29, 0.717) is 12.6 Å². The molecule has 100 valence electrons. The van der Waals surface area contributed by atoms with Crippen LogP contribution in [-0.2, 0) is 0 Å². The van der Waals surface area contributed by atoms with Crippen molar-refractivity contribution >= 4 is 0 Å². The van der Waals surface area contributed by atoms with Crippen LogP contribution in [0.3, 0.4) is 0 Å². The van der Waals surface area contributed by atoms with Crippen LogP contribution in [0.1, 0.15) is 30.7 Å². The van der Waals surface area contributed by atoms with Crippen molar-refractivity contribution in [1.82, 2.24) is 5.32 Å². The predicted molar refractivity (Wildman–Crippen MR) is 70.4 cm³/mol. The number of nitrogens with one attached hydrogen (secondary N) is 1. The molecule has 1 saturated heterocycles. The third kappa shape index (κ3) is 2.82. The first-order chi connectivity index (χ1) is 8.76. The Balaban J connectivity index is 2.18. The summed E-state index contributed by atoms with van der Waals surface area (Å²) >= 11 is 0. The molecule has 0 amide bonds. The summed E-state index contributed by atoms with van der Waals surface area (Å²) in [5, 5.41) is 3.48. The molecule has 3 N–H and O–H groups in total. The van der Waals surface area contributed by atoms with Crippen LogP contribution in [0.15, 0.2) is 18.2 Å². The fraction of sp³-hybridized carbons (Fsp3) is 0.571. The van der Waals surface area contributed by atoms with E-state index in [4.69, 9.17) is 10.5 Å². The van der Waals surface area contributed by atoms with Crippen molar-refractivity contribution in [2.75, 3.05) is 20.2 Å². The van der Waals surface area contributed by atoms with E-state index in [1.54, 1.807) is 12.1 Å². The molecule has 2 rings (SSSR count). The minimum Gasteiger partial charge on any atom is -0.494 e. The predicted octanol–water partition coefficient (Wildman–Crippen LogP) is 2.02. The maximum atomic E-state index is 13.7. The third-order valence-electron chi connectivity index (χ3n) is 3.69. The minimum absolute atomic E-state index is 0.172. The van der Waals surface area contributed by atoms with E-state index in [0.717, 1.165) is 18.5 Å². The molecular formula is C14H21FN2O. The van der Waals surface area contributed by atoms with Crippen molar-refractivity contribution in [2.24, 2.45) is 5.73 Å². The Labute approximate surface area is 108 Å². The number of halogens is 1. The average Bonchev–Trinajstić information content (AvgIpc) is 2.41. The SMILES string of the molecule is COc1ccc(C(CN)C2CCCCN2)cc1F. The topological polar surface area (TPSA) is 47.3 Å². The molecular weight excluding hydrogens is 231 g/mol. The molecule has 1 heterocycles. The van der Waals surface area contributed by atoms with Crippen LogP contribution >= 0.6 is 0 Å². The molecule has 1 aliphatic heterocycles. The van der Waals surface area contributed by atoms with Crippen LogP contribution in [0.25, 0.3) is 0 Å². The molecule has 18 heavy (non-hydrogen) atoms. The molecule has 3 nitrogen and oxygen atoms in total. The van der Waals surface area contributed by atoms with Crippen molar-refractivity contribution in [3.63, 3.8) is 0 Å². The van der Waals surface area contributed by atoms with Gasteiger partial charge < -0.3 is 15.8 Å². The highest BCUT2D eigenvalue weighted by atomic mass is 19.1. The Morgan fingerprint density at radius 1 is 1.50 bits per heavy atom. The monoisotopic (exact) mass is 252 g/mol. The van der Waals surface area contributed by atoms with Gasteiger partial charge in [0.05, 0.1) is 7.11 Å². The highest BCUT2D eigenvalue weighted by Crippen LogP contribution is 2.27. The maximum Gasteiger partial charge on any atom is 0.165 e. The third-order valence-corrected chi connectivity index (χ3v) is 3.69. The molecule has 0 bridgehead atoms. The summed E-state index contributed by atoms with van der Waals surface area (Å²) in [4.78, 5) is 0. The van der Waals surface area contributed by atoms with Gasteiger partial charge in [0.25, 0.3) is 0 Å². The van der Waals surface area contributed by atoms with Crippen molar-refractivity contribution in [2.45, 2.75) is 31.2 Å². The normalized spacial score (nSPS) is 21.6. The lowest BCUT2D eigenvalue weighted by Gasteiger charge is -2.31. The first-order valence-corrected chi connectivity index (χ1v) is 6.53. The molecule has 1 aromatic carbocycles. The van der Waals surface area contributed by atoms with Gasteiger partial charge in [0.15, 0.2) is 11.6 Å². The molecule has 1 fully saturated rings. The van der Waals surface area contributed by atoms with Gasteiger partial charge in [-0.2, -0.15) is 0 Å². The van der Waals surface area contributed by atoms with Crippen molar-refractivity contribution < 1.29 is 9.13 Å². The second-order valence-electron chi connectivity index (χ2n) is 4.79. The lowest BCUT2D eigenvalue weighted by molar-refractivity contribution is 0.350. The van der Waals surface area contributed by atoms with Gasteiger partial charge in [-0.1, -0.05) is 12.5 Å². The molecule has 1 aliphatic rings. The van der Waals surface area contributed by atoms with Gasteiger partial charge in [-0.3, -0.25) is 0 Å². The molecule has 0 saturated carbocycles. The van der Waals surface area contributed by atoms with E-state index < -0.39 is 0 Å². The zero-order chi connectivity index (χ0) is 13.0.